The van der Waals surface area contributed by atoms with Crippen LogP contribution < -0.4 is 16.4 Å². The van der Waals surface area contributed by atoms with Crippen LogP contribution in [0.5, 0.6) is 0 Å². The minimum absolute atomic E-state index is 0.0910. The number of hydrogen-bond donors (Lipinski definition) is 4. The number of aliphatic hydroxyl groups excluding tert-OH is 1. The molecule has 5 rings (SSSR count). The second kappa shape index (κ2) is 11.2. The van der Waals surface area contributed by atoms with Crippen molar-refractivity contribution in [2.24, 2.45) is 0 Å². The van der Waals surface area contributed by atoms with Crippen LogP contribution in [0.15, 0.2) is 59.1 Å². The average Bonchev–Trinajstić information content (AvgIpc) is 3.36. The minimum atomic E-state index is -0.268. The number of fused-ring (bicyclic) bond motifs is 1. The maximum absolute atomic E-state index is 12.4. The molecule has 0 unspecified atom stereocenters. The van der Waals surface area contributed by atoms with Gasteiger partial charge in [-0.05, 0) is 49.9 Å². The van der Waals surface area contributed by atoms with Gasteiger partial charge in [0.05, 0.1) is 5.56 Å². The first-order chi connectivity index (χ1) is 18.4. The van der Waals surface area contributed by atoms with Gasteiger partial charge in [-0.3, -0.25) is 4.79 Å². The Morgan fingerprint density at radius 2 is 1.85 bits per heavy atom. The van der Waals surface area contributed by atoms with Gasteiger partial charge in [0.25, 0.3) is 11.8 Å². The quantitative estimate of drug-likeness (QED) is 0.294. The van der Waals surface area contributed by atoms with Crippen LogP contribution in [0.2, 0.25) is 0 Å². The maximum Gasteiger partial charge on any atom is 0.253 e. The summed E-state index contributed by atoms with van der Waals surface area (Å²) in [5, 5.41) is 22.8. The molecule has 0 saturated heterocycles. The SMILES string of the molecule is CC1(C)Cc2ccc(Nc3ncc(-c4nnc(C(C)(C)C)o4)c(N)n3)cc2C(=O)N1.OCCc1ccccc1. The molecule has 3 heterocycles. The van der Waals surface area contributed by atoms with Crippen LogP contribution in [-0.4, -0.2) is 43.3 Å². The monoisotopic (exact) mass is 529 g/mol. The lowest BCUT2D eigenvalue weighted by atomic mass is 9.87. The molecule has 1 aliphatic rings. The van der Waals surface area contributed by atoms with Gasteiger partial charge in [-0.25, -0.2) is 4.98 Å². The molecule has 39 heavy (non-hydrogen) atoms. The van der Waals surface area contributed by atoms with E-state index in [1.165, 1.54) is 11.8 Å². The van der Waals surface area contributed by atoms with Crippen molar-refractivity contribution < 1.29 is 14.3 Å². The Bertz CT molecular complexity index is 1440. The number of nitrogen functional groups attached to an aromatic ring is 1. The molecule has 0 saturated carbocycles. The number of anilines is 3. The molecule has 0 bridgehead atoms. The standard InChI is InChI=1S/C21H25N7O2.C8H10O/c1-20(2,3)18-28-27-17(30-18)14-10-23-19(25-15(14)22)24-12-7-6-11-9-21(4,5)26-16(29)13(11)8-12;9-7-6-8-4-2-1-3-5-8/h6-8,10H,9H2,1-5H3,(H,26,29)(H3,22,23,24,25);1-5,9H,6-7H2. The molecular weight excluding hydrogens is 494 g/mol. The summed E-state index contributed by atoms with van der Waals surface area (Å²) < 4.78 is 5.72. The average molecular weight is 530 g/mol. The molecule has 4 aromatic rings. The van der Waals surface area contributed by atoms with Crippen LogP contribution in [0.4, 0.5) is 17.5 Å². The van der Waals surface area contributed by atoms with Gasteiger partial charge in [-0.2, -0.15) is 4.98 Å². The van der Waals surface area contributed by atoms with Crippen LogP contribution in [-0.2, 0) is 18.3 Å². The highest BCUT2D eigenvalue weighted by atomic mass is 16.4. The number of benzene rings is 2. The van der Waals surface area contributed by atoms with Crippen LogP contribution in [0.25, 0.3) is 11.5 Å². The topological polar surface area (TPSA) is 152 Å². The lowest BCUT2D eigenvalue weighted by Crippen LogP contribution is -2.49. The van der Waals surface area contributed by atoms with E-state index in [0.29, 0.717) is 28.7 Å². The van der Waals surface area contributed by atoms with Crippen LogP contribution in [0, 0.1) is 0 Å². The number of carbonyl (C=O) groups excluding carboxylic acids is 1. The number of nitrogens with two attached hydrogens (primary N) is 1. The summed E-state index contributed by atoms with van der Waals surface area (Å²) in [5.41, 5.74) is 9.60. The van der Waals surface area contributed by atoms with Crippen molar-refractivity contribution in [1.82, 2.24) is 25.5 Å². The van der Waals surface area contributed by atoms with Gasteiger partial charge in [0.1, 0.15) is 5.82 Å². The highest BCUT2D eigenvalue weighted by Crippen LogP contribution is 2.29. The van der Waals surface area contributed by atoms with E-state index in [4.69, 9.17) is 15.3 Å². The molecule has 10 nitrogen and oxygen atoms in total. The molecule has 10 heteroatoms. The van der Waals surface area contributed by atoms with Gasteiger partial charge in [-0.15, -0.1) is 10.2 Å². The molecule has 2 aromatic carbocycles. The van der Waals surface area contributed by atoms with Gasteiger partial charge in [0.15, 0.2) is 0 Å². The van der Waals surface area contributed by atoms with E-state index in [0.717, 1.165) is 18.4 Å². The largest absolute Gasteiger partial charge is 0.420 e. The summed E-state index contributed by atoms with van der Waals surface area (Å²) in [6, 6.07) is 15.6. The van der Waals surface area contributed by atoms with Gasteiger partial charge in [0.2, 0.25) is 11.8 Å². The van der Waals surface area contributed by atoms with Gasteiger partial charge < -0.3 is 25.9 Å². The predicted molar refractivity (Wildman–Crippen MR) is 151 cm³/mol. The summed E-state index contributed by atoms with van der Waals surface area (Å²) in [6.07, 6.45) is 3.08. The van der Waals surface area contributed by atoms with Gasteiger partial charge in [0, 0.05) is 35.0 Å². The van der Waals surface area contributed by atoms with Crippen molar-refractivity contribution in [3.63, 3.8) is 0 Å². The third-order valence-corrected chi connectivity index (χ3v) is 6.05. The van der Waals surface area contributed by atoms with Crippen LogP contribution >= 0.6 is 0 Å². The van der Waals surface area contributed by atoms with E-state index in [-0.39, 0.29) is 35.2 Å². The third kappa shape index (κ3) is 6.97. The smallest absolute Gasteiger partial charge is 0.253 e. The fourth-order valence-electron chi connectivity index (χ4n) is 4.07. The number of rotatable bonds is 5. The van der Waals surface area contributed by atoms with Gasteiger partial charge >= 0.3 is 0 Å². The van der Waals surface area contributed by atoms with E-state index in [9.17, 15) is 4.79 Å². The van der Waals surface area contributed by atoms with E-state index in [1.54, 1.807) is 6.07 Å². The van der Waals surface area contributed by atoms with Crippen molar-refractivity contribution >= 4 is 23.4 Å². The highest BCUT2D eigenvalue weighted by molar-refractivity contribution is 5.98. The second-order valence-corrected chi connectivity index (χ2v) is 11.1. The van der Waals surface area contributed by atoms with Crippen molar-refractivity contribution in [3.05, 3.63) is 77.3 Å². The number of carbonyl (C=O) groups is 1. The van der Waals surface area contributed by atoms with E-state index in [2.05, 4.69) is 30.8 Å². The predicted octanol–water partition coefficient (Wildman–Crippen LogP) is 4.44. The Labute approximate surface area is 228 Å². The van der Waals surface area contributed by atoms with E-state index < -0.39 is 0 Å². The number of nitrogens with one attached hydrogen (secondary N) is 2. The third-order valence-electron chi connectivity index (χ3n) is 6.05. The molecule has 204 valence electrons. The molecule has 2 aromatic heterocycles. The number of aromatic nitrogens is 4. The molecule has 1 aliphatic heterocycles. The first-order valence-corrected chi connectivity index (χ1v) is 12.8. The lowest BCUT2D eigenvalue weighted by Gasteiger charge is -2.32. The van der Waals surface area contributed by atoms with Crippen molar-refractivity contribution in [3.8, 4) is 11.5 Å². The summed E-state index contributed by atoms with van der Waals surface area (Å²) in [5.74, 6) is 1.22. The molecule has 0 fully saturated rings. The summed E-state index contributed by atoms with van der Waals surface area (Å²) >= 11 is 0. The molecular formula is C29H35N7O3. The van der Waals surface area contributed by atoms with E-state index in [1.807, 2.05) is 77.1 Å². The maximum atomic E-state index is 12.4. The zero-order valence-corrected chi connectivity index (χ0v) is 22.9. The summed E-state index contributed by atoms with van der Waals surface area (Å²) in [4.78, 5) is 21.0. The minimum Gasteiger partial charge on any atom is -0.420 e. The number of nitrogens with zero attached hydrogens (tertiary/aromatic N) is 4. The number of amides is 1. The fraction of sp³-hybridized carbons (Fsp3) is 0.345. The Kier molecular flexibility index (Phi) is 7.96. The first kappa shape index (κ1) is 27.7. The number of aliphatic hydroxyl groups is 1. The van der Waals surface area contributed by atoms with Crippen LogP contribution in [0.3, 0.4) is 0 Å². The zero-order chi connectivity index (χ0) is 28.2. The molecule has 0 atom stereocenters. The molecule has 0 aliphatic carbocycles. The first-order valence-electron chi connectivity index (χ1n) is 12.8. The van der Waals surface area contributed by atoms with Gasteiger partial charge in [-0.1, -0.05) is 57.2 Å². The second-order valence-electron chi connectivity index (χ2n) is 11.1. The summed E-state index contributed by atoms with van der Waals surface area (Å²) in [7, 11) is 0. The lowest BCUT2D eigenvalue weighted by molar-refractivity contribution is 0.0897. The van der Waals surface area contributed by atoms with Crippen molar-refractivity contribution in [2.45, 2.75) is 58.4 Å². The molecule has 5 N–H and O–H groups in total. The zero-order valence-electron chi connectivity index (χ0n) is 22.9. The normalized spacial score (nSPS) is 14.1. The Hall–Kier alpha value is -4.31. The van der Waals surface area contributed by atoms with Crippen molar-refractivity contribution in [1.29, 1.82) is 0 Å². The Morgan fingerprint density at radius 3 is 2.49 bits per heavy atom. The van der Waals surface area contributed by atoms with E-state index >= 15 is 0 Å². The fourth-order valence-corrected chi connectivity index (χ4v) is 4.07. The molecule has 0 spiro atoms. The Morgan fingerprint density at radius 1 is 1.10 bits per heavy atom. The summed E-state index contributed by atoms with van der Waals surface area (Å²) in [6.45, 7) is 10.2. The number of hydrogen-bond acceptors (Lipinski definition) is 9. The van der Waals surface area contributed by atoms with Crippen LogP contribution in [0.1, 0.15) is 62.0 Å². The molecule has 0 radical (unpaired) electrons. The van der Waals surface area contributed by atoms with Crippen molar-refractivity contribution in [2.75, 3.05) is 17.7 Å². The Balaban J connectivity index is 0.000000333. The highest BCUT2D eigenvalue weighted by Gasteiger charge is 2.30. The molecule has 1 amide bonds.